The molecule has 0 saturated heterocycles. The maximum Gasteiger partial charge on any atom is 0.310 e. The molecule has 1 rings (SSSR count). The van der Waals surface area contributed by atoms with Crippen molar-refractivity contribution >= 4 is 27.6 Å². The van der Waals surface area contributed by atoms with Crippen LogP contribution in [0.1, 0.15) is 13.8 Å². The van der Waals surface area contributed by atoms with Crippen LogP contribution in [0.4, 0.5) is 4.39 Å². The van der Waals surface area contributed by atoms with E-state index in [2.05, 4.69) is 4.72 Å². The van der Waals surface area contributed by atoms with Gasteiger partial charge >= 0.3 is 5.97 Å². The van der Waals surface area contributed by atoms with Crippen molar-refractivity contribution in [1.29, 1.82) is 0 Å². The van der Waals surface area contributed by atoms with Gasteiger partial charge < -0.3 is 5.11 Å². The van der Waals surface area contributed by atoms with Crippen LogP contribution in [0.5, 0.6) is 0 Å². The molecule has 0 fully saturated rings. The Bertz CT molecular complexity index is 601. The van der Waals surface area contributed by atoms with E-state index < -0.39 is 32.1 Å². The van der Waals surface area contributed by atoms with Gasteiger partial charge in [0, 0.05) is 6.54 Å². The van der Waals surface area contributed by atoms with Crippen LogP contribution >= 0.6 is 11.6 Å². The van der Waals surface area contributed by atoms with E-state index in [1.165, 1.54) is 26.0 Å². The first kappa shape index (κ1) is 15.9. The van der Waals surface area contributed by atoms with Gasteiger partial charge in [0.05, 0.1) is 10.4 Å². The number of nitrogens with one attached hydrogen (secondary N) is 1. The third kappa shape index (κ3) is 3.65. The van der Waals surface area contributed by atoms with E-state index in [-0.39, 0.29) is 11.6 Å². The van der Waals surface area contributed by atoms with E-state index in [4.69, 9.17) is 16.7 Å². The molecule has 0 amide bonds. The van der Waals surface area contributed by atoms with Gasteiger partial charge in [-0.15, -0.1) is 0 Å². The SMILES string of the molecule is CC(C)(CNS(=O)(=O)c1cccc(Cl)c1F)C(=O)O. The highest BCUT2D eigenvalue weighted by Crippen LogP contribution is 2.22. The molecule has 0 unspecified atom stereocenters. The van der Waals surface area contributed by atoms with E-state index in [0.717, 1.165) is 6.07 Å². The number of sulfonamides is 1. The molecular formula is C11H13ClFNO4S. The first-order valence-corrected chi connectivity index (χ1v) is 7.11. The fourth-order valence-corrected chi connectivity index (χ4v) is 2.66. The topological polar surface area (TPSA) is 83.5 Å². The second-order valence-corrected chi connectivity index (χ2v) is 6.71. The average Bonchev–Trinajstić information content (AvgIpc) is 2.30. The van der Waals surface area contributed by atoms with Crippen LogP contribution in [0.2, 0.25) is 5.02 Å². The monoisotopic (exact) mass is 309 g/mol. The number of carboxylic acids is 1. The van der Waals surface area contributed by atoms with Crippen LogP contribution in [0.25, 0.3) is 0 Å². The number of rotatable bonds is 5. The minimum atomic E-state index is -4.15. The number of carbonyl (C=O) groups is 1. The number of benzene rings is 1. The minimum Gasteiger partial charge on any atom is -0.481 e. The Kier molecular flexibility index (Phi) is 4.54. The Balaban J connectivity index is 3.01. The third-order valence-electron chi connectivity index (χ3n) is 2.49. The predicted molar refractivity (Wildman–Crippen MR) is 68.0 cm³/mol. The number of aliphatic carboxylic acids is 1. The fourth-order valence-electron chi connectivity index (χ4n) is 1.12. The van der Waals surface area contributed by atoms with Crippen LogP contribution in [0, 0.1) is 11.2 Å². The molecule has 0 saturated carbocycles. The Morgan fingerprint density at radius 3 is 2.58 bits per heavy atom. The van der Waals surface area contributed by atoms with Gasteiger partial charge in [0.15, 0.2) is 5.82 Å². The van der Waals surface area contributed by atoms with Gasteiger partial charge in [0.25, 0.3) is 0 Å². The molecule has 19 heavy (non-hydrogen) atoms. The molecule has 0 bridgehead atoms. The minimum absolute atomic E-state index is 0.319. The molecule has 1 aromatic carbocycles. The summed E-state index contributed by atoms with van der Waals surface area (Å²) < 4.78 is 39.4. The maximum atomic E-state index is 13.6. The lowest BCUT2D eigenvalue weighted by Crippen LogP contribution is -2.39. The summed E-state index contributed by atoms with van der Waals surface area (Å²) in [5.41, 5.74) is -1.30. The zero-order valence-electron chi connectivity index (χ0n) is 10.3. The Morgan fingerprint density at radius 2 is 2.05 bits per heavy atom. The quantitative estimate of drug-likeness (QED) is 0.869. The molecule has 0 aliphatic heterocycles. The fraction of sp³-hybridized carbons (Fsp3) is 0.364. The summed E-state index contributed by atoms with van der Waals surface area (Å²) in [6.07, 6.45) is 0. The van der Waals surface area contributed by atoms with Gasteiger partial charge in [-0.3, -0.25) is 4.79 Å². The molecule has 2 N–H and O–H groups in total. The van der Waals surface area contributed by atoms with E-state index in [0.29, 0.717) is 0 Å². The number of hydrogen-bond acceptors (Lipinski definition) is 3. The van der Waals surface area contributed by atoms with Crippen molar-refractivity contribution < 1.29 is 22.7 Å². The molecule has 1 aromatic rings. The third-order valence-corrected chi connectivity index (χ3v) is 4.20. The van der Waals surface area contributed by atoms with E-state index in [1.807, 2.05) is 0 Å². The molecule has 8 heteroatoms. The number of hydrogen-bond donors (Lipinski definition) is 2. The lowest BCUT2D eigenvalue weighted by Gasteiger charge is -2.19. The first-order chi connectivity index (χ1) is 8.58. The summed E-state index contributed by atoms with van der Waals surface area (Å²) in [6.45, 7) is 2.34. The van der Waals surface area contributed by atoms with Crippen molar-refractivity contribution in [1.82, 2.24) is 4.72 Å². The summed E-state index contributed by atoms with van der Waals surface area (Å²) >= 11 is 5.50. The molecule has 0 aliphatic rings. The molecule has 0 aliphatic carbocycles. The average molecular weight is 310 g/mol. The van der Waals surface area contributed by atoms with Crippen molar-refractivity contribution in [2.45, 2.75) is 18.7 Å². The molecule has 5 nitrogen and oxygen atoms in total. The van der Waals surface area contributed by atoms with E-state index in [1.54, 1.807) is 0 Å². The van der Waals surface area contributed by atoms with Crippen LogP contribution in [-0.2, 0) is 14.8 Å². The second-order valence-electron chi connectivity index (χ2n) is 4.57. The molecule has 0 heterocycles. The van der Waals surface area contributed by atoms with Crippen LogP contribution in [-0.4, -0.2) is 26.0 Å². The van der Waals surface area contributed by atoms with Gasteiger partial charge in [0.1, 0.15) is 4.90 Å². The molecule has 0 aromatic heterocycles. The first-order valence-electron chi connectivity index (χ1n) is 5.25. The van der Waals surface area contributed by atoms with E-state index >= 15 is 0 Å². The molecule has 0 atom stereocenters. The molecular weight excluding hydrogens is 297 g/mol. The van der Waals surface area contributed by atoms with E-state index in [9.17, 15) is 17.6 Å². The predicted octanol–water partition coefficient (Wildman–Crippen LogP) is 1.87. The Morgan fingerprint density at radius 1 is 1.47 bits per heavy atom. The highest BCUT2D eigenvalue weighted by Gasteiger charge is 2.30. The summed E-state index contributed by atoms with van der Waals surface area (Å²) in [4.78, 5) is 10.3. The molecule has 106 valence electrons. The van der Waals surface area contributed by atoms with Crippen molar-refractivity contribution in [3.8, 4) is 0 Å². The van der Waals surface area contributed by atoms with Gasteiger partial charge in [-0.05, 0) is 26.0 Å². The maximum absolute atomic E-state index is 13.6. The summed E-state index contributed by atoms with van der Waals surface area (Å²) in [5, 5.41) is 8.56. The zero-order valence-corrected chi connectivity index (χ0v) is 11.8. The zero-order chi connectivity index (χ0) is 14.8. The van der Waals surface area contributed by atoms with Gasteiger partial charge in [0.2, 0.25) is 10.0 Å². The van der Waals surface area contributed by atoms with Crippen LogP contribution in [0.15, 0.2) is 23.1 Å². The smallest absolute Gasteiger partial charge is 0.310 e. The van der Waals surface area contributed by atoms with Crippen LogP contribution in [0.3, 0.4) is 0 Å². The van der Waals surface area contributed by atoms with Crippen molar-refractivity contribution in [2.75, 3.05) is 6.54 Å². The lowest BCUT2D eigenvalue weighted by molar-refractivity contribution is -0.146. The number of carboxylic acid groups (broad SMARTS) is 1. The summed E-state index contributed by atoms with van der Waals surface area (Å²) in [5.74, 6) is -2.23. The lowest BCUT2D eigenvalue weighted by atomic mass is 9.95. The van der Waals surface area contributed by atoms with Crippen molar-refractivity contribution in [3.63, 3.8) is 0 Å². The highest BCUT2D eigenvalue weighted by molar-refractivity contribution is 7.89. The Labute approximate surface area is 115 Å². The Hall–Kier alpha value is -1.18. The molecule has 0 spiro atoms. The van der Waals surface area contributed by atoms with Gasteiger partial charge in [-0.1, -0.05) is 17.7 Å². The van der Waals surface area contributed by atoms with Crippen LogP contribution < -0.4 is 4.72 Å². The largest absolute Gasteiger partial charge is 0.481 e. The summed E-state index contributed by atoms with van der Waals surface area (Å²) in [6, 6.07) is 3.57. The number of halogens is 2. The molecule has 0 radical (unpaired) electrons. The van der Waals surface area contributed by atoms with Crippen molar-refractivity contribution in [2.24, 2.45) is 5.41 Å². The van der Waals surface area contributed by atoms with Gasteiger partial charge in [-0.2, -0.15) is 0 Å². The standard InChI is InChI=1S/C11H13ClFNO4S/c1-11(2,10(15)16)6-14-19(17,18)8-5-3-4-7(12)9(8)13/h3-5,14H,6H2,1-2H3,(H,15,16). The normalized spacial score (nSPS) is 12.4. The highest BCUT2D eigenvalue weighted by atomic mass is 35.5. The second kappa shape index (κ2) is 5.44. The van der Waals surface area contributed by atoms with Gasteiger partial charge in [-0.25, -0.2) is 17.5 Å². The summed E-state index contributed by atoms with van der Waals surface area (Å²) in [7, 11) is -4.15. The van der Waals surface area contributed by atoms with Crippen molar-refractivity contribution in [3.05, 3.63) is 29.0 Å².